The second-order valence-electron chi connectivity index (χ2n) is 8.80. The molecule has 2 aliphatic carbocycles. The zero-order valence-electron chi connectivity index (χ0n) is 17.4. The SMILES string of the molecule is O=C(c1cccc2c1cnn2Cc1ccccn1)N(C1CC1)C1CCC2=C(C=NC2)C1. The van der Waals surface area contributed by atoms with Crippen molar-refractivity contribution in [2.75, 3.05) is 6.54 Å². The Morgan fingerprint density at radius 1 is 1.10 bits per heavy atom. The van der Waals surface area contributed by atoms with Gasteiger partial charge in [0, 0.05) is 29.9 Å². The summed E-state index contributed by atoms with van der Waals surface area (Å²) in [5.41, 5.74) is 5.52. The van der Waals surface area contributed by atoms with Gasteiger partial charge in [0.2, 0.25) is 0 Å². The largest absolute Gasteiger partial charge is 0.332 e. The first-order valence-corrected chi connectivity index (χ1v) is 11.2. The Morgan fingerprint density at radius 2 is 2.03 bits per heavy atom. The molecule has 0 radical (unpaired) electrons. The summed E-state index contributed by atoms with van der Waals surface area (Å²) < 4.78 is 1.93. The normalized spacial score (nSPS) is 20.3. The van der Waals surface area contributed by atoms with Crippen LogP contribution in [-0.2, 0) is 6.54 Å². The number of carbonyl (C=O) groups excluding carboxylic acids is 1. The molecule has 6 rings (SSSR count). The minimum absolute atomic E-state index is 0.148. The lowest BCUT2D eigenvalue weighted by molar-refractivity contribution is 0.0647. The van der Waals surface area contributed by atoms with Crippen molar-refractivity contribution >= 4 is 23.0 Å². The number of benzene rings is 1. The van der Waals surface area contributed by atoms with E-state index in [0.717, 1.165) is 60.8 Å². The Morgan fingerprint density at radius 3 is 2.87 bits per heavy atom. The zero-order chi connectivity index (χ0) is 20.8. The van der Waals surface area contributed by atoms with Crippen LogP contribution in [0.5, 0.6) is 0 Å². The van der Waals surface area contributed by atoms with Crippen LogP contribution in [0.4, 0.5) is 0 Å². The van der Waals surface area contributed by atoms with Gasteiger partial charge >= 0.3 is 0 Å². The second kappa shape index (κ2) is 7.45. The third-order valence-electron chi connectivity index (χ3n) is 6.74. The first kappa shape index (κ1) is 18.5. The zero-order valence-corrected chi connectivity index (χ0v) is 17.4. The van der Waals surface area contributed by atoms with Crippen LogP contribution < -0.4 is 0 Å². The van der Waals surface area contributed by atoms with E-state index in [0.29, 0.717) is 12.6 Å². The molecule has 0 N–H and O–H groups in total. The molecule has 1 saturated carbocycles. The molecule has 0 saturated heterocycles. The lowest BCUT2D eigenvalue weighted by atomic mass is 9.88. The van der Waals surface area contributed by atoms with Gasteiger partial charge in [-0.15, -0.1) is 0 Å². The number of hydrogen-bond donors (Lipinski definition) is 0. The molecular formula is C25H25N5O. The maximum atomic E-state index is 13.8. The van der Waals surface area contributed by atoms with Crippen LogP contribution in [0.3, 0.4) is 0 Å². The quantitative estimate of drug-likeness (QED) is 0.637. The molecule has 1 aromatic carbocycles. The van der Waals surface area contributed by atoms with Crippen molar-refractivity contribution in [1.29, 1.82) is 0 Å². The van der Waals surface area contributed by atoms with E-state index in [4.69, 9.17) is 0 Å². The highest BCUT2D eigenvalue weighted by molar-refractivity contribution is 6.06. The van der Waals surface area contributed by atoms with Gasteiger partial charge < -0.3 is 4.90 Å². The predicted octanol–water partition coefficient (Wildman–Crippen LogP) is 4.02. The Bertz CT molecular complexity index is 1210. The number of nitrogens with zero attached hydrogens (tertiary/aromatic N) is 5. The molecule has 3 heterocycles. The highest BCUT2D eigenvalue weighted by Crippen LogP contribution is 2.38. The fraction of sp³-hybridized carbons (Fsp3) is 0.360. The van der Waals surface area contributed by atoms with Gasteiger partial charge in [0.1, 0.15) is 0 Å². The van der Waals surface area contributed by atoms with Gasteiger partial charge in [0.15, 0.2) is 0 Å². The lowest BCUT2D eigenvalue weighted by Crippen LogP contribution is -2.43. The van der Waals surface area contributed by atoms with E-state index in [1.54, 1.807) is 6.20 Å². The van der Waals surface area contributed by atoms with Gasteiger partial charge in [-0.2, -0.15) is 5.10 Å². The molecule has 6 heteroatoms. The smallest absolute Gasteiger partial charge is 0.255 e. The van der Waals surface area contributed by atoms with E-state index in [-0.39, 0.29) is 11.9 Å². The molecule has 1 atom stereocenters. The molecule has 31 heavy (non-hydrogen) atoms. The highest BCUT2D eigenvalue weighted by atomic mass is 16.2. The first-order valence-electron chi connectivity index (χ1n) is 11.2. The van der Waals surface area contributed by atoms with Gasteiger partial charge in [-0.05, 0) is 67.5 Å². The molecule has 1 amide bonds. The molecule has 0 bridgehead atoms. The molecule has 1 aliphatic heterocycles. The monoisotopic (exact) mass is 411 g/mol. The fourth-order valence-corrected chi connectivity index (χ4v) is 5.01. The van der Waals surface area contributed by atoms with Gasteiger partial charge in [0.05, 0.1) is 36.1 Å². The fourth-order valence-electron chi connectivity index (χ4n) is 5.01. The maximum absolute atomic E-state index is 13.8. The molecule has 3 aromatic rings. The van der Waals surface area contributed by atoms with E-state index >= 15 is 0 Å². The number of aliphatic imine (C=N–C) groups is 1. The number of pyridine rings is 1. The van der Waals surface area contributed by atoms with E-state index in [2.05, 4.69) is 20.0 Å². The van der Waals surface area contributed by atoms with Crippen molar-refractivity contribution in [1.82, 2.24) is 19.7 Å². The number of aromatic nitrogens is 3. The van der Waals surface area contributed by atoms with Crippen molar-refractivity contribution in [3.05, 3.63) is 71.2 Å². The van der Waals surface area contributed by atoms with Crippen LogP contribution in [0.25, 0.3) is 10.9 Å². The summed E-state index contributed by atoms with van der Waals surface area (Å²) in [6, 6.07) is 12.5. The minimum Gasteiger partial charge on any atom is -0.332 e. The third kappa shape index (κ3) is 3.36. The van der Waals surface area contributed by atoms with Crippen molar-refractivity contribution in [2.24, 2.45) is 4.99 Å². The second-order valence-corrected chi connectivity index (χ2v) is 8.80. The van der Waals surface area contributed by atoms with E-state index < -0.39 is 0 Å². The summed E-state index contributed by atoms with van der Waals surface area (Å²) in [4.78, 5) is 24.9. The molecule has 2 aromatic heterocycles. The van der Waals surface area contributed by atoms with Crippen LogP contribution >= 0.6 is 0 Å². The van der Waals surface area contributed by atoms with Crippen LogP contribution in [0.2, 0.25) is 0 Å². The minimum atomic E-state index is 0.148. The number of fused-ring (bicyclic) bond motifs is 1. The molecule has 6 nitrogen and oxygen atoms in total. The summed E-state index contributed by atoms with van der Waals surface area (Å²) in [5, 5.41) is 5.51. The van der Waals surface area contributed by atoms with Gasteiger partial charge in [-0.1, -0.05) is 12.1 Å². The molecule has 0 spiro atoms. The van der Waals surface area contributed by atoms with Crippen molar-refractivity contribution < 1.29 is 4.79 Å². The van der Waals surface area contributed by atoms with Crippen molar-refractivity contribution in [2.45, 2.75) is 50.7 Å². The summed E-state index contributed by atoms with van der Waals surface area (Å²) in [6.07, 6.45) is 10.9. The van der Waals surface area contributed by atoms with Crippen LogP contribution in [0, 0.1) is 0 Å². The van der Waals surface area contributed by atoms with E-state index in [1.165, 1.54) is 11.1 Å². The molecule has 1 unspecified atom stereocenters. The Labute approximate surface area is 181 Å². The predicted molar refractivity (Wildman–Crippen MR) is 120 cm³/mol. The standard InChI is InChI=1S/C25H25N5O/c31-25(30(20-9-10-20)21-8-7-17-13-26-14-18(17)12-21)22-5-3-6-24-23(22)15-28-29(24)16-19-4-1-2-11-27-19/h1-6,11,14-15,20-21H,7-10,12-13,16H2. The summed E-state index contributed by atoms with van der Waals surface area (Å²) >= 11 is 0. The topological polar surface area (TPSA) is 63.4 Å². The van der Waals surface area contributed by atoms with Crippen LogP contribution in [-0.4, -0.2) is 50.4 Å². The van der Waals surface area contributed by atoms with Gasteiger partial charge in [-0.25, -0.2) is 0 Å². The highest BCUT2D eigenvalue weighted by Gasteiger charge is 2.40. The van der Waals surface area contributed by atoms with E-state index in [1.807, 2.05) is 53.5 Å². The summed E-state index contributed by atoms with van der Waals surface area (Å²) in [5.74, 6) is 0.148. The number of amides is 1. The van der Waals surface area contributed by atoms with Crippen LogP contribution in [0.15, 0.2) is 64.9 Å². The van der Waals surface area contributed by atoms with Crippen molar-refractivity contribution in [3.63, 3.8) is 0 Å². The Hall–Kier alpha value is -3.28. The molecule has 3 aliphatic rings. The Kier molecular flexibility index (Phi) is 4.44. The van der Waals surface area contributed by atoms with Crippen molar-refractivity contribution in [3.8, 4) is 0 Å². The molecule has 1 fully saturated rings. The van der Waals surface area contributed by atoms with E-state index in [9.17, 15) is 4.79 Å². The Balaban J connectivity index is 1.32. The maximum Gasteiger partial charge on any atom is 0.255 e. The third-order valence-corrected chi connectivity index (χ3v) is 6.74. The number of rotatable bonds is 5. The lowest BCUT2D eigenvalue weighted by Gasteiger charge is -2.35. The average Bonchev–Trinajstić information content (AvgIpc) is 3.37. The molecular weight excluding hydrogens is 386 g/mol. The summed E-state index contributed by atoms with van der Waals surface area (Å²) in [6.45, 7) is 1.45. The number of carbonyl (C=O) groups is 1. The van der Waals surface area contributed by atoms with Crippen LogP contribution in [0.1, 0.15) is 48.2 Å². The summed E-state index contributed by atoms with van der Waals surface area (Å²) in [7, 11) is 0. The average molecular weight is 412 g/mol. The van der Waals surface area contributed by atoms with Gasteiger partial charge in [-0.3, -0.25) is 19.5 Å². The first-order chi connectivity index (χ1) is 15.3. The molecule has 156 valence electrons. The number of hydrogen-bond acceptors (Lipinski definition) is 4. The van der Waals surface area contributed by atoms with Gasteiger partial charge in [0.25, 0.3) is 5.91 Å².